The number of methoxy groups -OCH3 is 2. The Bertz CT molecular complexity index is 2120. The van der Waals surface area contributed by atoms with Crippen molar-refractivity contribution in [3.63, 3.8) is 0 Å². The van der Waals surface area contributed by atoms with Crippen LogP contribution in [0.25, 0.3) is 21.5 Å². The van der Waals surface area contributed by atoms with E-state index in [-0.39, 0.29) is 33.2 Å². The molecule has 0 amide bonds. The zero-order valence-electron chi connectivity index (χ0n) is 24.7. The lowest BCUT2D eigenvalue weighted by Gasteiger charge is -2.27. The van der Waals surface area contributed by atoms with Crippen molar-refractivity contribution in [2.24, 2.45) is 0 Å². The van der Waals surface area contributed by atoms with Crippen LogP contribution in [0.2, 0.25) is 0 Å². The Hall–Kier alpha value is -5.16. The normalized spacial score (nSPS) is 19.4. The zero-order valence-corrected chi connectivity index (χ0v) is 26.5. The fourth-order valence-electron chi connectivity index (χ4n) is 5.51. The largest absolute Gasteiger partial charge is 0.497 e. The summed E-state index contributed by atoms with van der Waals surface area (Å²) in [5.41, 5.74) is -2.06. The monoisotopic (exact) mass is 648 g/mol. The molecule has 0 aliphatic carbocycles. The quantitative estimate of drug-likeness (QED) is 0.177. The third kappa shape index (κ3) is 4.87. The molecule has 0 radical (unpaired) electrons. The summed E-state index contributed by atoms with van der Waals surface area (Å²) in [6, 6.07) is 32.6. The van der Waals surface area contributed by atoms with Gasteiger partial charge in [0.2, 0.25) is 0 Å². The number of rotatable bonds is 4. The van der Waals surface area contributed by atoms with Crippen molar-refractivity contribution in [3.8, 4) is 23.0 Å². The van der Waals surface area contributed by atoms with E-state index in [0.29, 0.717) is 33.0 Å². The number of hydrogen-bond acceptors (Lipinski definition) is 8. The summed E-state index contributed by atoms with van der Waals surface area (Å²) >= 11 is 0. The molecule has 0 fully saturated rings. The first-order valence-electron chi connectivity index (χ1n) is 14.3. The Morgan fingerprint density at radius 1 is 0.478 bits per heavy atom. The maximum absolute atomic E-state index is 15.1. The molecule has 10 heteroatoms. The molecular weight excluding hydrogens is 622 g/mol. The molecule has 1 aliphatic heterocycles. The number of hydrogen-bond donors (Lipinski definition) is 0. The molecule has 6 aromatic rings. The lowest BCUT2D eigenvalue weighted by molar-refractivity contribution is 0.104. The summed E-state index contributed by atoms with van der Waals surface area (Å²) in [5, 5.41) is 2.63. The lowest BCUT2D eigenvalue weighted by atomic mass is 10.1. The second-order valence-corrected chi connectivity index (χ2v) is 15.1. The third-order valence-electron chi connectivity index (χ3n) is 7.93. The van der Waals surface area contributed by atoms with Gasteiger partial charge in [-0.05, 0) is 94.3 Å². The van der Waals surface area contributed by atoms with E-state index in [2.05, 4.69) is 0 Å². The summed E-state index contributed by atoms with van der Waals surface area (Å²) < 4.78 is 53.6. The zero-order chi connectivity index (χ0) is 32.1. The highest BCUT2D eigenvalue weighted by Gasteiger charge is 2.46. The van der Waals surface area contributed by atoms with Gasteiger partial charge in [0.25, 0.3) is 11.0 Å². The van der Waals surface area contributed by atoms with Crippen LogP contribution < -0.4 is 29.1 Å². The predicted octanol–water partition coefficient (Wildman–Crippen LogP) is 7.97. The minimum atomic E-state index is -4.49. The van der Waals surface area contributed by atoms with Crippen molar-refractivity contribution in [1.29, 1.82) is 0 Å². The van der Waals surface area contributed by atoms with E-state index >= 15 is 9.13 Å². The van der Waals surface area contributed by atoms with Crippen LogP contribution in [0, 0.1) is 0 Å². The highest BCUT2D eigenvalue weighted by molar-refractivity contribution is 7.84. The molecule has 0 bridgehead atoms. The summed E-state index contributed by atoms with van der Waals surface area (Å²) in [6.45, 7) is 0. The summed E-state index contributed by atoms with van der Waals surface area (Å²) in [7, 11) is -5.93. The Labute approximate surface area is 264 Å². The van der Waals surface area contributed by atoms with Crippen molar-refractivity contribution in [1.82, 2.24) is 0 Å². The molecule has 0 saturated carbocycles. The van der Waals surface area contributed by atoms with E-state index in [1.165, 1.54) is 62.8 Å². The standard InChI is InChI=1S/C36H26O8P2/c1-41-27-15-13-23-21-33-31(19-25(23)17-27)35(37)45(39,29-9-5-3-6-10-29)44-34-22-24-14-16-28(42-2)18-26(24)20-32(34)36(38)46(40,43-33)30-11-7-4-8-12-30/h3-22H,1-2H3. The average Bonchev–Trinajstić information content (AvgIpc) is 3.10. The van der Waals surface area contributed by atoms with Gasteiger partial charge in [0.05, 0.1) is 36.0 Å². The van der Waals surface area contributed by atoms with E-state index in [1.54, 1.807) is 72.8 Å². The molecule has 2 atom stereocenters. The molecule has 1 aliphatic rings. The molecule has 0 N–H and O–H groups in total. The topological polar surface area (TPSA) is 105 Å². The third-order valence-corrected chi connectivity index (χ3v) is 12.3. The van der Waals surface area contributed by atoms with Gasteiger partial charge in [0, 0.05) is 0 Å². The highest BCUT2D eigenvalue weighted by Crippen LogP contribution is 2.58. The van der Waals surface area contributed by atoms with Crippen molar-refractivity contribution < 1.29 is 37.2 Å². The Morgan fingerprint density at radius 2 is 0.870 bits per heavy atom. The van der Waals surface area contributed by atoms with Gasteiger partial charge < -0.3 is 18.5 Å². The van der Waals surface area contributed by atoms with Gasteiger partial charge in [-0.3, -0.25) is 18.7 Å². The van der Waals surface area contributed by atoms with Crippen molar-refractivity contribution in [2.75, 3.05) is 14.2 Å². The van der Waals surface area contributed by atoms with Crippen LogP contribution in [0.3, 0.4) is 0 Å². The molecule has 2 unspecified atom stereocenters. The molecule has 8 nitrogen and oxygen atoms in total. The van der Waals surface area contributed by atoms with Gasteiger partial charge in [-0.2, -0.15) is 0 Å². The van der Waals surface area contributed by atoms with E-state index < -0.39 is 25.8 Å². The van der Waals surface area contributed by atoms with Gasteiger partial charge in [-0.1, -0.05) is 48.5 Å². The average molecular weight is 649 g/mol. The molecular formula is C36H26O8P2. The van der Waals surface area contributed by atoms with Crippen LogP contribution in [0.1, 0.15) is 20.7 Å². The smallest absolute Gasteiger partial charge is 0.346 e. The van der Waals surface area contributed by atoms with Crippen LogP contribution >= 0.6 is 14.7 Å². The van der Waals surface area contributed by atoms with Crippen LogP contribution in [0.15, 0.2) is 121 Å². The SMILES string of the molecule is COc1ccc2cc3c(cc2c1)C(=O)P(=O)(c1ccccc1)Oc1cc2ccc(OC)cc2cc1C(=O)P(=O)(c1ccccc1)O3. The first-order valence-corrected chi connectivity index (χ1v) is 17.5. The second-order valence-electron chi connectivity index (χ2n) is 10.7. The van der Waals surface area contributed by atoms with Crippen molar-refractivity contribution in [2.45, 2.75) is 0 Å². The minimum absolute atomic E-state index is 0.122. The van der Waals surface area contributed by atoms with E-state index in [0.717, 1.165) is 0 Å². The highest BCUT2D eigenvalue weighted by atomic mass is 31.2. The van der Waals surface area contributed by atoms with Gasteiger partial charge in [-0.15, -0.1) is 0 Å². The van der Waals surface area contributed by atoms with Gasteiger partial charge in [-0.25, -0.2) is 0 Å². The second kappa shape index (κ2) is 11.3. The fraction of sp³-hybridized carbons (Fsp3) is 0.0556. The van der Waals surface area contributed by atoms with Crippen LogP contribution in [-0.4, -0.2) is 25.3 Å². The molecule has 46 heavy (non-hydrogen) atoms. The maximum atomic E-state index is 15.1. The first-order chi connectivity index (χ1) is 22.2. The molecule has 228 valence electrons. The van der Waals surface area contributed by atoms with Crippen LogP contribution in [0.5, 0.6) is 23.0 Å². The molecule has 7 rings (SSSR count). The Kier molecular flexibility index (Phi) is 7.28. The molecule has 0 spiro atoms. The first kappa shape index (κ1) is 29.5. The molecule has 0 aromatic heterocycles. The van der Waals surface area contributed by atoms with E-state index in [1.807, 2.05) is 0 Å². The van der Waals surface area contributed by atoms with Crippen LogP contribution in [-0.2, 0) is 9.13 Å². The summed E-state index contributed by atoms with van der Waals surface area (Å²) in [5.74, 6) is 0.749. The van der Waals surface area contributed by atoms with Gasteiger partial charge in [0.1, 0.15) is 23.0 Å². The summed E-state index contributed by atoms with van der Waals surface area (Å²) in [4.78, 5) is 29.3. The number of carbonyl (C=O) groups is 2. The number of benzene rings is 6. The van der Waals surface area contributed by atoms with Gasteiger partial charge in [0.15, 0.2) is 0 Å². The number of ether oxygens (including phenoxy) is 2. The Balaban J connectivity index is 1.57. The number of carbonyl (C=O) groups excluding carboxylic acids is 2. The van der Waals surface area contributed by atoms with Crippen molar-refractivity contribution >= 4 is 57.9 Å². The number of fused-ring (bicyclic) bond motifs is 4. The predicted molar refractivity (Wildman–Crippen MR) is 178 cm³/mol. The molecule has 6 aromatic carbocycles. The van der Waals surface area contributed by atoms with Gasteiger partial charge >= 0.3 is 14.7 Å². The van der Waals surface area contributed by atoms with Crippen LogP contribution in [0.4, 0.5) is 0 Å². The minimum Gasteiger partial charge on any atom is -0.497 e. The van der Waals surface area contributed by atoms with E-state index in [4.69, 9.17) is 18.5 Å². The summed E-state index contributed by atoms with van der Waals surface area (Å²) in [6.07, 6.45) is 0. The Morgan fingerprint density at radius 3 is 1.24 bits per heavy atom. The van der Waals surface area contributed by atoms with E-state index in [9.17, 15) is 9.59 Å². The molecule has 1 heterocycles. The maximum Gasteiger partial charge on any atom is 0.346 e. The lowest BCUT2D eigenvalue weighted by Crippen LogP contribution is -2.23. The fourth-order valence-corrected chi connectivity index (χ4v) is 9.33. The molecule has 0 saturated heterocycles. The van der Waals surface area contributed by atoms with Crippen molar-refractivity contribution in [3.05, 3.63) is 132 Å².